The van der Waals surface area contributed by atoms with Gasteiger partial charge in [0.1, 0.15) is 0 Å². The number of hydrogen-bond acceptors (Lipinski definition) is 6. The summed E-state index contributed by atoms with van der Waals surface area (Å²) in [6, 6.07) is 5.35. The minimum absolute atomic E-state index is 0.0855. The Hall–Kier alpha value is -1.49. The van der Waals surface area contributed by atoms with Gasteiger partial charge in [0.15, 0.2) is 9.84 Å². The third-order valence-corrected chi connectivity index (χ3v) is 10.4. The van der Waals surface area contributed by atoms with Gasteiger partial charge in [-0.05, 0) is 62.4 Å². The largest absolute Gasteiger partial charge is 0.339 e. The minimum atomic E-state index is -3.58. The number of nitrogens with zero attached hydrogens (tertiary/aromatic N) is 3. The highest BCUT2D eigenvalue weighted by Gasteiger charge is 2.34. The molecule has 1 atom stereocenters. The SMILES string of the molecule is CN(CC(=O)N1CCN(S(=O)(=O)c2ccc3c(c2)CCCC3)CC1)[C@H]1CCS(=O)(=O)C1. The van der Waals surface area contributed by atoms with Crippen LogP contribution in [0.2, 0.25) is 0 Å². The van der Waals surface area contributed by atoms with Crippen LogP contribution in [0.1, 0.15) is 30.4 Å². The second-order valence-corrected chi connectivity index (χ2v) is 13.1. The van der Waals surface area contributed by atoms with E-state index in [0.29, 0.717) is 24.4 Å². The van der Waals surface area contributed by atoms with Crippen molar-refractivity contribution < 1.29 is 21.6 Å². The van der Waals surface area contributed by atoms with Crippen LogP contribution in [0.15, 0.2) is 23.1 Å². The molecule has 31 heavy (non-hydrogen) atoms. The van der Waals surface area contributed by atoms with Crippen molar-refractivity contribution >= 4 is 25.8 Å². The number of hydrogen-bond donors (Lipinski definition) is 0. The number of amides is 1. The molecule has 8 nitrogen and oxygen atoms in total. The van der Waals surface area contributed by atoms with E-state index in [1.54, 1.807) is 18.0 Å². The second-order valence-electron chi connectivity index (χ2n) is 8.89. The molecule has 0 aromatic heterocycles. The van der Waals surface area contributed by atoms with Crippen molar-refractivity contribution in [2.24, 2.45) is 0 Å². The van der Waals surface area contributed by atoms with Crippen LogP contribution in [0.4, 0.5) is 0 Å². The summed E-state index contributed by atoms with van der Waals surface area (Å²) in [7, 11) is -4.79. The molecule has 0 radical (unpaired) electrons. The molecule has 1 aromatic carbocycles. The van der Waals surface area contributed by atoms with Gasteiger partial charge in [-0.3, -0.25) is 9.69 Å². The standard InChI is InChI=1S/C21H31N3O5S2/c1-22(19-8-13-30(26,27)16-19)15-21(25)23-9-11-24(12-10-23)31(28,29)20-7-6-17-4-2-3-5-18(17)14-20/h6-7,14,19H,2-5,8-13,15-16H2,1H3/t19-/m0/s1. The molecule has 0 saturated carbocycles. The number of likely N-dealkylation sites (N-methyl/N-ethyl adjacent to an activating group) is 1. The molecule has 1 amide bonds. The Morgan fingerprint density at radius 3 is 2.42 bits per heavy atom. The Bertz CT molecular complexity index is 1050. The van der Waals surface area contributed by atoms with E-state index >= 15 is 0 Å². The molecule has 2 saturated heterocycles. The summed E-state index contributed by atoms with van der Waals surface area (Å²) in [5.74, 6) is 0.191. The summed E-state index contributed by atoms with van der Waals surface area (Å²) in [5.41, 5.74) is 2.39. The number of sulfone groups is 1. The van der Waals surface area contributed by atoms with Crippen molar-refractivity contribution in [1.29, 1.82) is 0 Å². The molecule has 3 aliphatic rings. The third-order valence-electron chi connectivity index (χ3n) is 6.77. The molecular weight excluding hydrogens is 438 g/mol. The molecule has 0 spiro atoms. The van der Waals surface area contributed by atoms with Crippen molar-refractivity contribution in [3.8, 4) is 0 Å². The molecule has 2 heterocycles. The molecule has 2 fully saturated rings. The normalized spacial score (nSPS) is 24.3. The molecule has 172 valence electrons. The van der Waals surface area contributed by atoms with Gasteiger partial charge in [-0.2, -0.15) is 4.31 Å². The van der Waals surface area contributed by atoms with E-state index in [1.165, 1.54) is 9.87 Å². The van der Waals surface area contributed by atoms with Gasteiger partial charge in [-0.1, -0.05) is 6.07 Å². The number of fused-ring (bicyclic) bond motifs is 1. The maximum absolute atomic E-state index is 13.1. The smallest absolute Gasteiger partial charge is 0.243 e. The molecular formula is C21H31N3O5S2. The summed E-state index contributed by atoms with van der Waals surface area (Å²) in [6.07, 6.45) is 4.74. The third kappa shape index (κ3) is 4.97. The van der Waals surface area contributed by atoms with Gasteiger partial charge >= 0.3 is 0 Å². The molecule has 1 aliphatic carbocycles. The van der Waals surface area contributed by atoms with Gasteiger partial charge in [-0.25, -0.2) is 16.8 Å². The Balaban J connectivity index is 1.34. The fourth-order valence-corrected chi connectivity index (χ4v) is 8.04. The first-order chi connectivity index (χ1) is 14.7. The van der Waals surface area contributed by atoms with Gasteiger partial charge < -0.3 is 4.90 Å². The zero-order valence-corrected chi connectivity index (χ0v) is 19.6. The van der Waals surface area contributed by atoms with Crippen LogP contribution in [0, 0.1) is 0 Å². The highest BCUT2D eigenvalue weighted by molar-refractivity contribution is 7.91. The van der Waals surface area contributed by atoms with Crippen molar-refractivity contribution in [3.63, 3.8) is 0 Å². The molecule has 4 rings (SSSR count). The van der Waals surface area contributed by atoms with Crippen molar-refractivity contribution in [2.75, 3.05) is 51.3 Å². The van der Waals surface area contributed by atoms with E-state index < -0.39 is 19.9 Å². The number of piperazine rings is 1. The van der Waals surface area contributed by atoms with E-state index in [-0.39, 0.29) is 43.1 Å². The zero-order valence-electron chi connectivity index (χ0n) is 18.0. The lowest BCUT2D eigenvalue weighted by Crippen LogP contribution is -2.53. The van der Waals surface area contributed by atoms with Crippen molar-refractivity contribution in [2.45, 2.75) is 43.0 Å². The van der Waals surface area contributed by atoms with E-state index in [4.69, 9.17) is 0 Å². The fraction of sp³-hybridized carbons (Fsp3) is 0.667. The first-order valence-electron chi connectivity index (χ1n) is 11.0. The lowest BCUT2D eigenvalue weighted by Gasteiger charge is -2.35. The molecule has 0 bridgehead atoms. The van der Waals surface area contributed by atoms with Crippen LogP contribution in [0.5, 0.6) is 0 Å². The maximum Gasteiger partial charge on any atom is 0.243 e. The van der Waals surface area contributed by atoms with E-state index in [1.807, 2.05) is 17.0 Å². The zero-order chi connectivity index (χ0) is 22.2. The molecule has 10 heteroatoms. The topological polar surface area (TPSA) is 95.1 Å². The Morgan fingerprint density at radius 2 is 1.77 bits per heavy atom. The van der Waals surface area contributed by atoms with Crippen molar-refractivity contribution in [1.82, 2.24) is 14.1 Å². The van der Waals surface area contributed by atoms with E-state index in [2.05, 4.69) is 0 Å². The highest BCUT2D eigenvalue weighted by Crippen LogP contribution is 2.26. The summed E-state index contributed by atoms with van der Waals surface area (Å²) >= 11 is 0. The first kappa shape index (κ1) is 22.7. The van der Waals surface area contributed by atoms with E-state index in [9.17, 15) is 21.6 Å². The number of carbonyl (C=O) groups excluding carboxylic acids is 1. The van der Waals surface area contributed by atoms with Crippen LogP contribution in [-0.2, 0) is 37.5 Å². The predicted octanol–water partition coefficient (Wildman–Crippen LogP) is 0.517. The number of rotatable bonds is 5. The lowest BCUT2D eigenvalue weighted by molar-refractivity contribution is -0.133. The van der Waals surface area contributed by atoms with Gasteiger partial charge in [0, 0.05) is 32.2 Å². The quantitative estimate of drug-likeness (QED) is 0.624. The predicted molar refractivity (Wildman–Crippen MR) is 118 cm³/mol. The van der Waals surface area contributed by atoms with Gasteiger partial charge in [0.05, 0.1) is 22.9 Å². The number of sulfonamides is 1. The maximum atomic E-state index is 13.1. The van der Waals surface area contributed by atoms with Crippen LogP contribution < -0.4 is 0 Å². The van der Waals surface area contributed by atoms with Crippen LogP contribution in [0.3, 0.4) is 0 Å². The lowest BCUT2D eigenvalue weighted by atomic mass is 9.92. The van der Waals surface area contributed by atoms with Gasteiger partial charge in [0.25, 0.3) is 0 Å². The van der Waals surface area contributed by atoms with Gasteiger partial charge in [0.2, 0.25) is 15.9 Å². The Kier molecular flexibility index (Phi) is 6.44. The Morgan fingerprint density at radius 1 is 1.10 bits per heavy atom. The number of carbonyl (C=O) groups is 1. The van der Waals surface area contributed by atoms with Gasteiger partial charge in [-0.15, -0.1) is 0 Å². The molecule has 1 aromatic rings. The highest BCUT2D eigenvalue weighted by atomic mass is 32.2. The summed E-state index contributed by atoms with van der Waals surface area (Å²) < 4.78 is 51.1. The average molecular weight is 470 g/mol. The van der Waals surface area contributed by atoms with E-state index in [0.717, 1.165) is 31.2 Å². The average Bonchev–Trinajstić information content (AvgIpc) is 3.13. The minimum Gasteiger partial charge on any atom is -0.339 e. The van der Waals surface area contributed by atoms with Crippen LogP contribution in [0.25, 0.3) is 0 Å². The summed E-state index contributed by atoms with van der Waals surface area (Å²) in [5, 5.41) is 0. The summed E-state index contributed by atoms with van der Waals surface area (Å²) in [6.45, 7) is 1.39. The molecule has 0 N–H and O–H groups in total. The second kappa shape index (κ2) is 8.80. The van der Waals surface area contributed by atoms with Crippen molar-refractivity contribution in [3.05, 3.63) is 29.3 Å². The van der Waals surface area contributed by atoms with Crippen LogP contribution >= 0.6 is 0 Å². The fourth-order valence-electron chi connectivity index (χ4n) is 4.76. The summed E-state index contributed by atoms with van der Waals surface area (Å²) in [4.78, 5) is 16.5. The van der Waals surface area contributed by atoms with Crippen LogP contribution in [-0.4, -0.2) is 94.2 Å². The first-order valence-corrected chi connectivity index (χ1v) is 14.2. The monoisotopic (exact) mass is 469 g/mol. The number of benzene rings is 1. The number of aryl methyl sites for hydroxylation is 2. The Labute approximate surface area is 185 Å². The molecule has 0 unspecified atom stereocenters. The molecule has 2 aliphatic heterocycles.